The Morgan fingerprint density at radius 3 is 2.81 bits per heavy atom. The van der Waals surface area contributed by atoms with E-state index in [9.17, 15) is 23.2 Å². The Kier molecular flexibility index (Phi) is 5.36. The fourth-order valence-electron chi connectivity index (χ4n) is 3.12. The highest BCUT2D eigenvalue weighted by molar-refractivity contribution is 9.10. The molecule has 10 heteroatoms. The summed E-state index contributed by atoms with van der Waals surface area (Å²) >= 11 is 4.26. The van der Waals surface area contributed by atoms with Crippen LogP contribution in [0.25, 0.3) is 0 Å². The Labute approximate surface area is 166 Å². The van der Waals surface area contributed by atoms with Crippen molar-refractivity contribution in [3.05, 3.63) is 31.9 Å². The second-order valence-electron chi connectivity index (χ2n) is 6.62. The summed E-state index contributed by atoms with van der Waals surface area (Å²) in [6.45, 7) is 3.22. The van der Waals surface area contributed by atoms with E-state index in [1.54, 1.807) is 0 Å². The molecule has 1 aliphatic rings. The van der Waals surface area contributed by atoms with Crippen LogP contribution in [-0.2, 0) is 30.4 Å². The lowest BCUT2D eigenvalue weighted by Crippen LogP contribution is -2.20. The SMILES string of the molecule is Cc1c(Br)c(C(F)(F)F)nn1CC(=O)Nc1sc2c(c1C#N)CC[C@H](C)C2. The number of nitriles is 1. The first-order valence-electron chi connectivity index (χ1n) is 8.26. The van der Waals surface area contributed by atoms with Crippen LogP contribution in [0.2, 0.25) is 0 Å². The second-order valence-corrected chi connectivity index (χ2v) is 8.52. The molecule has 3 rings (SSSR count). The average molecular weight is 461 g/mol. The molecule has 2 aromatic heterocycles. The van der Waals surface area contributed by atoms with Crippen LogP contribution < -0.4 is 5.32 Å². The molecule has 27 heavy (non-hydrogen) atoms. The van der Waals surface area contributed by atoms with Crippen LogP contribution in [0.15, 0.2) is 4.47 Å². The summed E-state index contributed by atoms with van der Waals surface area (Å²) in [7, 11) is 0. The fraction of sp³-hybridized carbons (Fsp3) is 0.471. The van der Waals surface area contributed by atoms with Crippen LogP contribution >= 0.6 is 27.3 Å². The smallest absolute Gasteiger partial charge is 0.315 e. The van der Waals surface area contributed by atoms with E-state index in [4.69, 9.17) is 0 Å². The molecular weight excluding hydrogens is 445 g/mol. The highest BCUT2D eigenvalue weighted by atomic mass is 79.9. The molecule has 0 aliphatic heterocycles. The number of hydrogen-bond donors (Lipinski definition) is 1. The topological polar surface area (TPSA) is 70.7 Å². The summed E-state index contributed by atoms with van der Waals surface area (Å²) in [5.41, 5.74) is 0.584. The van der Waals surface area contributed by atoms with E-state index in [1.807, 2.05) is 0 Å². The number of aromatic nitrogens is 2. The summed E-state index contributed by atoms with van der Waals surface area (Å²) in [6, 6.07) is 2.15. The largest absolute Gasteiger partial charge is 0.436 e. The van der Waals surface area contributed by atoms with Gasteiger partial charge in [0.25, 0.3) is 0 Å². The Hall–Kier alpha value is -1.86. The van der Waals surface area contributed by atoms with Gasteiger partial charge in [0, 0.05) is 4.88 Å². The molecule has 0 aromatic carbocycles. The van der Waals surface area contributed by atoms with Crippen LogP contribution in [0.5, 0.6) is 0 Å². The Morgan fingerprint density at radius 2 is 2.22 bits per heavy atom. The molecule has 1 amide bonds. The molecule has 1 aliphatic carbocycles. The van der Waals surface area contributed by atoms with Crippen LogP contribution in [-0.4, -0.2) is 15.7 Å². The molecule has 0 saturated carbocycles. The van der Waals surface area contributed by atoms with Gasteiger partial charge in [-0.25, -0.2) is 0 Å². The Morgan fingerprint density at radius 1 is 1.52 bits per heavy atom. The normalized spacial score (nSPS) is 16.7. The van der Waals surface area contributed by atoms with Crippen molar-refractivity contribution < 1.29 is 18.0 Å². The Bertz CT molecular complexity index is 942. The number of nitrogens with one attached hydrogen (secondary N) is 1. The van der Waals surface area contributed by atoms with Crippen LogP contribution in [0.4, 0.5) is 18.2 Å². The van der Waals surface area contributed by atoms with Crippen molar-refractivity contribution in [2.24, 2.45) is 5.92 Å². The minimum atomic E-state index is -4.61. The number of carbonyl (C=O) groups is 1. The molecule has 0 bridgehead atoms. The summed E-state index contributed by atoms with van der Waals surface area (Å²) in [4.78, 5) is 13.5. The molecule has 2 heterocycles. The third-order valence-corrected chi connectivity index (χ3v) is 6.69. The lowest BCUT2D eigenvalue weighted by Gasteiger charge is -2.17. The molecule has 0 unspecified atom stereocenters. The molecule has 1 N–H and O–H groups in total. The van der Waals surface area contributed by atoms with E-state index >= 15 is 0 Å². The number of thiophene rings is 1. The highest BCUT2D eigenvalue weighted by Crippen LogP contribution is 2.39. The van der Waals surface area contributed by atoms with Crippen LogP contribution in [0.3, 0.4) is 0 Å². The molecule has 5 nitrogen and oxygen atoms in total. The predicted octanol–water partition coefficient (Wildman–Crippen LogP) is 4.67. The molecule has 144 valence electrons. The van der Waals surface area contributed by atoms with Crippen LogP contribution in [0, 0.1) is 24.2 Å². The lowest BCUT2D eigenvalue weighted by atomic mass is 9.89. The second kappa shape index (κ2) is 7.28. The van der Waals surface area contributed by atoms with Gasteiger partial charge in [0.15, 0.2) is 5.69 Å². The van der Waals surface area contributed by atoms with Gasteiger partial charge in [0.1, 0.15) is 17.6 Å². The number of alkyl halides is 3. The number of hydrogen-bond acceptors (Lipinski definition) is 4. The average Bonchev–Trinajstić information content (AvgIpc) is 3.05. The van der Waals surface area contributed by atoms with E-state index in [2.05, 4.69) is 39.3 Å². The van der Waals surface area contributed by atoms with Crippen molar-refractivity contribution in [3.63, 3.8) is 0 Å². The molecule has 0 spiro atoms. The van der Waals surface area contributed by atoms with Crippen LogP contribution in [0.1, 0.15) is 40.7 Å². The number of amides is 1. The van der Waals surface area contributed by atoms with Gasteiger partial charge >= 0.3 is 6.18 Å². The molecule has 1 atom stereocenters. The number of anilines is 1. The van der Waals surface area contributed by atoms with Crippen molar-refractivity contribution in [1.82, 2.24) is 9.78 Å². The van der Waals surface area contributed by atoms with E-state index in [-0.39, 0.29) is 16.7 Å². The van der Waals surface area contributed by atoms with Gasteiger partial charge in [-0.1, -0.05) is 6.92 Å². The van der Waals surface area contributed by atoms with Crippen molar-refractivity contribution >= 4 is 38.2 Å². The Balaban J connectivity index is 1.81. The minimum Gasteiger partial charge on any atom is -0.315 e. The molecule has 0 saturated heterocycles. The third-order valence-electron chi connectivity index (χ3n) is 4.57. The van der Waals surface area contributed by atoms with Crippen molar-refractivity contribution in [3.8, 4) is 6.07 Å². The van der Waals surface area contributed by atoms with Gasteiger partial charge in [-0.05, 0) is 53.6 Å². The van der Waals surface area contributed by atoms with Crippen molar-refractivity contribution in [2.45, 2.75) is 45.8 Å². The van der Waals surface area contributed by atoms with Crippen molar-refractivity contribution in [1.29, 1.82) is 5.26 Å². The van der Waals surface area contributed by atoms with E-state index in [0.717, 1.165) is 34.4 Å². The molecule has 0 fully saturated rings. The zero-order valence-corrected chi connectivity index (χ0v) is 17.0. The fourth-order valence-corrected chi connectivity index (χ4v) is 5.00. The van der Waals surface area contributed by atoms with E-state index in [1.165, 1.54) is 18.3 Å². The van der Waals surface area contributed by atoms with Crippen molar-refractivity contribution in [2.75, 3.05) is 5.32 Å². The summed E-state index contributed by atoms with van der Waals surface area (Å²) in [5.74, 6) is 0.000998. The van der Waals surface area contributed by atoms with Gasteiger partial charge in [0.2, 0.25) is 5.91 Å². The molecule has 2 aromatic rings. The maximum atomic E-state index is 12.9. The number of carbonyl (C=O) groups excluding carboxylic acids is 1. The van der Waals surface area contributed by atoms with Gasteiger partial charge in [-0.3, -0.25) is 9.48 Å². The number of rotatable bonds is 3. The standard InChI is InChI=1S/C17H16BrF3N4OS/c1-8-3-4-10-11(6-22)16(27-12(10)5-8)23-13(26)7-25-9(2)14(18)15(24-25)17(19,20)21/h8H,3-5,7H2,1-2H3,(H,23,26)/t8-/m0/s1. The monoisotopic (exact) mass is 460 g/mol. The van der Waals surface area contributed by atoms with Gasteiger partial charge in [0.05, 0.1) is 15.7 Å². The summed E-state index contributed by atoms with van der Waals surface area (Å²) in [6.07, 6.45) is -1.95. The van der Waals surface area contributed by atoms with E-state index in [0.29, 0.717) is 16.5 Å². The molecule has 0 radical (unpaired) electrons. The number of halogens is 4. The van der Waals surface area contributed by atoms with Gasteiger partial charge < -0.3 is 5.32 Å². The van der Waals surface area contributed by atoms with Gasteiger partial charge in [-0.2, -0.15) is 23.5 Å². The number of fused-ring (bicyclic) bond motifs is 1. The lowest BCUT2D eigenvalue weighted by molar-refractivity contribution is -0.142. The number of nitrogens with zero attached hydrogens (tertiary/aromatic N) is 3. The van der Waals surface area contributed by atoms with Gasteiger partial charge in [-0.15, -0.1) is 11.3 Å². The summed E-state index contributed by atoms with van der Waals surface area (Å²) in [5, 5.41) is 16.1. The maximum Gasteiger partial charge on any atom is 0.436 e. The van der Waals surface area contributed by atoms with E-state index < -0.39 is 17.8 Å². The first kappa shape index (κ1) is 19.9. The quantitative estimate of drug-likeness (QED) is 0.723. The minimum absolute atomic E-state index is 0.180. The maximum absolute atomic E-state index is 12.9. The zero-order chi connectivity index (χ0) is 19.9. The third kappa shape index (κ3) is 3.89. The first-order chi connectivity index (χ1) is 12.6. The summed E-state index contributed by atoms with van der Waals surface area (Å²) < 4.78 is 39.7. The zero-order valence-electron chi connectivity index (χ0n) is 14.6. The predicted molar refractivity (Wildman–Crippen MR) is 98.5 cm³/mol. The highest BCUT2D eigenvalue weighted by Gasteiger charge is 2.38. The first-order valence-corrected chi connectivity index (χ1v) is 9.87. The molecular formula is C17H16BrF3N4OS.